The number of carboxylic acid groups (broad SMARTS) is 1. The fraction of sp³-hybridized carbons (Fsp3) is 0.111. The molecule has 0 aliphatic carbocycles. The summed E-state index contributed by atoms with van der Waals surface area (Å²) in [5.74, 6) is -0.925. The maximum atomic E-state index is 10.5. The van der Waals surface area contributed by atoms with Crippen LogP contribution in [0.3, 0.4) is 0 Å². The minimum atomic E-state index is -0.925. The molecule has 1 rings (SSSR count). The van der Waals surface area contributed by atoms with Crippen LogP contribution < -0.4 is 5.32 Å². The van der Waals surface area contributed by atoms with Crippen molar-refractivity contribution < 1.29 is 9.90 Å². The van der Waals surface area contributed by atoms with Gasteiger partial charge in [-0.1, -0.05) is 12.2 Å². The number of nitrogens with one attached hydrogen (secondary N) is 1. The van der Waals surface area contributed by atoms with E-state index in [0.717, 1.165) is 5.69 Å². The van der Waals surface area contributed by atoms with Gasteiger partial charge in [-0.3, -0.25) is 0 Å². The average Bonchev–Trinajstić information content (AvgIpc) is 2.04. The van der Waals surface area contributed by atoms with E-state index < -0.39 is 5.97 Å². The van der Waals surface area contributed by atoms with E-state index in [1.54, 1.807) is 19.1 Å². The van der Waals surface area contributed by atoms with Crippen LogP contribution in [0.1, 0.15) is 17.3 Å². The standard InChI is InChI=1S/C9H9NO2S/c1-6(13)10-8-4-2-7(3-5-8)9(11)12/h2-5H,1H3,(H,10,13)(H,11,12). The molecule has 1 aromatic carbocycles. The number of carbonyl (C=O) groups is 1. The van der Waals surface area contributed by atoms with E-state index in [-0.39, 0.29) is 5.56 Å². The maximum Gasteiger partial charge on any atom is 0.335 e. The molecule has 2 N–H and O–H groups in total. The van der Waals surface area contributed by atoms with Gasteiger partial charge >= 0.3 is 5.97 Å². The summed E-state index contributed by atoms with van der Waals surface area (Å²) in [6, 6.07) is 6.42. The molecule has 0 heterocycles. The van der Waals surface area contributed by atoms with Crippen molar-refractivity contribution in [3.05, 3.63) is 29.8 Å². The molecule has 0 fully saturated rings. The fourth-order valence-corrected chi connectivity index (χ4v) is 1.02. The zero-order valence-corrected chi connectivity index (χ0v) is 7.89. The summed E-state index contributed by atoms with van der Waals surface area (Å²) in [6.45, 7) is 1.76. The van der Waals surface area contributed by atoms with Gasteiger partial charge in [0.05, 0.1) is 10.6 Å². The molecule has 3 nitrogen and oxygen atoms in total. The Hall–Kier alpha value is -1.42. The number of rotatable bonds is 2. The molecule has 0 unspecified atom stereocenters. The van der Waals surface area contributed by atoms with Crippen LogP contribution in [-0.4, -0.2) is 16.1 Å². The Kier molecular flexibility index (Phi) is 2.97. The lowest BCUT2D eigenvalue weighted by atomic mass is 10.2. The molecule has 0 saturated carbocycles. The molecule has 0 aromatic heterocycles. The highest BCUT2D eigenvalue weighted by atomic mass is 32.1. The predicted octanol–water partition coefficient (Wildman–Crippen LogP) is 2.14. The minimum Gasteiger partial charge on any atom is -0.478 e. The van der Waals surface area contributed by atoms with Gasteiger partial charge in [0.2, 0.25) is 0 Å². The fourth-order valence-electron chi connectivity index (χ4n) is 0.899. The largest absolute Gasteiger partial charge is 0.478 e. The van der Waals surface area contributed by atoms with E-state index in [0.29, 0.717) is 4.99 Å². The van der Waals surface area contributed by atoms with Crippen molar-refractivity contribution in [2.75, 3.05) is 5.32 Å². The molecule has 0 atom stereocenters. The first-order chi connectivity index (χ1) is 6.09. The van der Waals surface area contributed by atoms with Crippen molar-refractivity contribution in [3.8, 4) is 0 Å². The molecule has 0 spiro atoms. The van der Waals surface area contributed by atoms with Crippen molar-refractivity contribution in [2.24, 2.45) is 0 Å². The number of hydrogen-bond acceptors (Lipinski definition) is 2. The summed E-state index contributed by atoms with van der Waals surface area (Å²) in [4.78, 5) is 11.1. The van der Waals surface area contributed by atoms with Crippen molar-refractivity contribution >= 4 is 28.9 Å². The Morgan fingerprint density at radius 1 is 1.38 bits per heavy atom. The first-order valence-electron chi connectivity index (χ1n) is 3.70. The number of carboxylic acids is 1. The highest BCUT2D eigenvalue weighted by Gasteiger charge is 2.00. The van der Waals surface area contributed by atoms with Crippen LogP contribution in [0.5, 0.6) is 0 Å². The molecule has 0 bridgehead atoms. The molecule has 0 amide bonds. The topological polar surface area (TPSA) is 49.3 Å². The Morgan fingerprint density at radius 2 is 1.92 bits per heavy atom. The lowest BCUT2D eigenvalue weighted by Crippen LogP contribution is -2.03. The first kappa shape index (κ1) is 9.67. The molecular weight excluding hydrogens is 186 g/mol. The summed E-state index contributed by atoms with van der Waals surface area (Å²) in [6.07, 6.45) is 0. The third-order valence-electron chi connectivity index (χ3n) is 1.45. The molecule has 1 aromatic rings. The highest BCUT2D eigenvalue weighted by molar-refractivity contribution is 7.80. The zero-order valence-electron chi connectivity index (χ0n) is 7.07. The van der Waals surface area contributed by atoms with Crippen LogP contribution in [0.25, 0.3) is 0 Å². The van der Waals surface area contributed by atoms with E-state index in [2.05, 4.69) is 5.32 Å². The van der Waals surface area contributed by atoms with Crippen molar-refractivity contribution in [3.63, 3.8) is 0 Å². The second-order valence-electron chi connectivity index (χ2n) is 2.56. The Labute approximate surface area is 81.4 Å². The molecule has 0 aliphatic heterocycles. The van der Waals surface area contributed by atoms with Crippen LogP contribution in [0.4, 0.5) is 5.69 Å². The number of anilines is 1. The summed E-state index contributed by atoms with van der Waals surface area (Å²) in [5.41, 5.74) is 1.07. The number of aromatic carboxylic acids is 1. The number of thiocarbonyl (C=S) groups is 1. The number of benzene rings is 1. The number of hydrogen-bond donors (Lipinski definition) is 2. The molecule has 0 aliphatic rings. The Bertz CT molecular complexity index is 332. The maximum absolute atomic E-state index is 10.5. The van der Waals surface area contributed by atoms with Crippen LogP contribution in [0, 0.1) is 0 Å². The third-order valence-corrected chi connectivity index (χ3v) is 1.55. The Morgan fingerprint density at radius 3 is 2.31 bits per heavy atom. The monoisotopic (exact) mass is 195 g/mol. The predicted molar refractivity (Wildman–Crippen MR) is 55.3 cm³/mol. The van der Waals surface area contributed by atoms with E-state index in [4.69, 9.17) is 17.3 Å². The average molecular weight is 195 g/mol. The van der Waals surface area contributed by atoms with Gasteiger partial charge in [-0.15, -0.1) is 0 Å². The minimum absolute atomic E-state index is 0.271. The van der Waals surface area contributed by atoms with Gasteiger partial charge in [-0.25, -0.2) is 4.79 Å². The smallest absolute Gasteiger partial charge is 0.335 e. The highest BCUT2D eigenvalue weighted by Crippen LogP contribution is 2.09. The van der Waals surface area contributed by atoms with Gasteiger partial charge in [-0.05, 0) is 31.2 Å². The third kappa shape index (κ3) is 2.83. The molecule has 0 radical (unpaired) electrons. The molecule has 68 valence electrons. The first-order valence-corrected chi connectivity index (χ1v) is 4.11. The summed E-state index contributed by atoms with van der Waals surface area (Å²) in [5, 5.41) is 11.5. The second-order valence-corrected chi connectivity index (χ2v) is 3.18. The van der Waals surface area contributed by atoms with Crippen molar-refractivity contribution in [1.82, 2.24) is 0 Å². The zero-order chi connectivity index (χ0) is 9.84. The van der Waals surface area contributed by atoms with Crippen LogP contribution in [0.2, 0.25) is 0 Å². The van der Waals surface area contributed by atoms with E-state index >= 15 is 0 Å². The van der Waals surface area contributed by atoms with E-state index in [9.17, 15) is 4.79 Å². The molecule has 13 heavy (non-hydrogen) atoms. The molecule has 0 saturated heterocycles. The van der Waals surface area contributed by atoms with E-state index in [1.807, 2.05) is 0 Å². The van der Waals surface area contributed by atoms with Crippen LogP contribution in [-0.2, 0) is 0 Å². The summed E-state index contributed by atoms with van der Waals surface area (Å²) in [7, 11) is 0. The quantitative estimate of drug-likeness (QED) is 0.710. The van der Waals surface area contributed by atoms with Gasteiger partial charge in [0, 0.05) is 5.69 Å². The SMILES string of the molecule is CC(=S)Nc1ccc(C(=O)O)cc1. The molecule has 4 heteroatoms. The van der Waals surface area contributed by atoms with Crippen LogP contribution >= 0.6 is 12.2 Å². The van der Waals surface area contributed by atoms with Gasteiger partial charge in [0.1, 0.15) is 0 Å². The van der Waals surface area contributed by atoms with E-state index in [1.165, 1.54) is 12.1 Å². The lowest BCUT2D eigenvalue weighted by Gasteiger charge is -2.03. The Balaban J connectivity index is 2.81. The van der Waals surface area contributed by atoms with Gasteiger partial charge in [0.15, 0.2) is 0 Å². The van der Waals surface area contributed by atoms with Crippen molar-refractivity contribution in [1.29, 1.82) is 0 Å². The van der Waals surface area contributed by atoms with Crippen LogP contribution in [0.15, 0.2) is 24.3 Å². The lowest BCUT2D eigenvalue weighted by molar-refractivity contribution is 0.0697. The normalized spacial score (nSPS) is 9.31. The molecular formula is C9H9NO2S. The van der Waals surface area contributed by atoms with Gasteiger partial charge in [0.25, 0.3) is 0 Å². The summed E-state index contributed by atoms with van der Waals surface area (Å²) < 4.78 is 0. The van der Waals surface area contributed by atoms with Gasteiger partial charge in [-0.2, -0.15) is 0 Å². The second kappa shape index (κ2) is 4.00. The van der Waals surface area contributed by atoms with Crippen molar-refractivity contribution in [2.45, 2.75) is 6.92 Å². The summed E-state index contributed by atoms with van der Waals surface area (Å²) >= 11 is 4.83. The van der Waals surface area contributed by atoms with Gasteiger partial charge < -0.3 is 10.4 Å².